The van der Waals surface area contributed by atoms with E-state index in [0.717, 1.165) is 22.2 Å². The van der Waals surface area contributed by atoms with Gasteiger partial charge >= 0.3 is 0 Å². The summed E-state index contributed by atoms with van der Waals surface area (Å²) in [6, 6.07) is 7.91. The third kappa shape index (κ3) is 4.06. The summed E-state index contributed by atoms with van der Waals surface area (Å²) >= 11 is 5.18. The smallest absolute Gasteiger partial charge is 0.243 e. The molecule has 0 bridgehead atoms. The number of nitrogens with two attached hydrogens (primary N) is 1. The van der Waals surface area contributed by atoms with Crippen molar-refractivity contribution in [1.82, 2.24) is 10.1 Å². The molecule has 0 aliphatic carbocycles. The summed E-state index contributed by atoms with van der Waals surface area (Å²) < 4.78 is 6.26. The Morgan fingerprint density at radius 1 is 1.42 bits per heavy atom. The predicted octanol–water partition coefficient (Wildman–Crippen LogP) is 3.92. The molecule has 0 spiro atoms. The summed E-state index contributed by atoms with van der Waals surface area (Å²) in [5.41, 5.74) is 5.94. The van der Waals surface area contributed by atoms with E-state index in [0.29, 0.717) is 17.5 Å². The van der Waals surface area contributed by atoms with Crippen molar-refractivity contribution in [3.05, 3.63) is 40.5 Å². The van der Waals surface area contributed by atoms with Gasteiger partial charge < -0.3 is 10.3 Å². The minimum atomic E-state index is -0.153. The summed E-state index contributed by atoms with van der Waals surface area (Å²) in [5, 5.41) is 3.96. The van der Waals surface area contributed by atoms with Gasteiger partial charge in [-0.3, -0.25) is 0 Å². The molecule has 4 nitrogen and oxygen atoms in total. The van der Waals surface area contributed by atoms with Crippen molar-refractivity contribution in [2.24, 2.45) is 5.73 Å². The van der Waals surface area contributed by atoms with Gasteiger partial charge in [-0.25, -0.2) is 0 Å². The summed E-state index contributed by atoms with van der Waals surface area (Å²) in [4.78, 5) is 5.49. The number of thioether (sulfide) groups is 1. The highest BCUT2D eigenvalue weighted by atomic mass is 79.9. The van der Waals surface area contributed by atoms with Crippen LogP contribution in [0.15, 0.2) is 38.2 Å². The third-order valence-electron chi connectivity index (χ3n) is 2.59. The highest BCUT2D eigenvalue weighted by molar-refractivity contribution is 9.10. The molecule has 0 aliphatic heterocycles. The first-order chi connectivity index (χ1) is 9.20. The molecule has 0 fully saturated rings. The Balaban J connectivity index is 1.95. The molecular formula is C13H16BrN3OS. The average molecular weight is 342 g/mol. The van der Waals surface area contributed by atoms with Crippen molar-refractivity contribution in [3.8, 4) is 0 Å². The van der Waals surface area contributed by atoms with Crippen LogP contribution in [-0.2, 0) is 5.75 Å². The molecule has 0 radical (unpaired) electrons. The molecule has 0 saturated carbocycles. The number of benzene rings is 1. The number of halogens is 1. The number of hydrogen-bond donors (Lipinski definition) is 1. The molecule has 2 aromatic rings. The number of aromatic nitrogens is 2. The van der Waals surface area contributed by atoms with E-state index in [1.54, 1.807) is 11.8 Å². The van der Waals surface area contributed by atoms with Gasteiger partial charge in [-0.05, 0) is 34.5 Å². The van der Waals surface area contributed by atoms with E-state index in [-0.39, 0.29) is 6.04 Å². The molecule has 0 aliphatic rings. The fraction of sp³-hybridized carbons (Fsp3) is 0.385. The lowest BCUT2D eigenvalue weighted by molar-refractivity contribution is 0.345. The SMILES string of the molecule is CCC[C@@H](N)c1nc(CSc2ccccc2Br)no1. The Kier molecular flexibility index (Phi) is 5.42. The van der Waals surface area contributed by atoms with Crippen LogP contribution in [0.4, 0.5) is 0 Å². The maximum atomic E-state index is 5.94. The van der Waals surface area contributed by atoms with Crippen LogP contribution >= 0.6 is 27.7 Å². The summed E-state index contributed by atoms with van der Waals surface area (Å²) in [7, 11) is 0. The van der Waals surface area contributed by atoms with Gasteiger partial charge in [0.25, 0.3) is 0 Å². The van der Waals surface area contributed by atoms with Crippen LogP contribution in [0, 0.1) is 0 Å². The second-order valence-corrected chi connectivity index (χ2v) is 6.03. The van der Waals surface area contributed by atoms with Crippen LogP contribution in [0.5, 0.6) is 0 Å². The molecule has 1 atom stereocenters. The second kappa shape index (κ2) is 7.07. The zero-order chi connectivity index (χ0) is 13.7. The van der Waals surface area contributed by atoms with Crippen LogP contribution in [0.3, 0.4) is 0 Å². The molecule has 1 aromatic carbocycles. The van der Waals surface area contributed by atoms with Gasteiger partial charge in [0.05, 0.1) is 11.8 Å². The van der Waals surface area contributed by atoms with E-state index < -0.39 is 0 Å². The lowest BCUT2D eigenvalue weighted by atomic mass is 10.2. The molecule has 0 saturated heterocycles. The van der Waals surface area contributed by atoms with E-state index >= 15 is 0 Å². The molecule has 0 unspecified atom stereocenters. The number of rotatable bonds is 6. The first kappa shape index (κ1) is 14.6. The highest BCUT2D eigenvalue weighted by Gasteiger charge is 2.14. The minimum absolute atomic E-state index is 0.153. The van der Waals surface area contributed by atoms with E-state index in [1.807, 2.05) is 18.2 Å². The Morgan fingerprint density at radius 3 is 2.95 bits per heavy atom. The third-order valence-corrected chi connectivity index (χ3v) is 4.62. The van der Waals surface area contributed by atoms with E-state index in [1.165, 1.54) is 0 Å². The molecule has 1 aromatic heterocycles. The van der Waals surface area contributed by atoms with Gasteiger partial charge in [0.15, 0.2) is 5.82 Å². The predicted molar refractivity (Wildman–Crippen MR) is 79.8 cm³/mol. The number of hydrogen-bond acceptors (Lipinski definition) is 5. The maximum Gasteiger partial charge on any atom is 0.243 e. The van der Waals surface area contributed by atoms with Crippen LogP contribution in [0.25, 0.3) is 0 Å². The first-order valence-corrected chi connectivity index (χ1v) is 7.94. The van der Waals surface area contributed by atoms with Crippen LogP contribution in [-0.4, -0.2) is 10.1 Å². The van der Waals surface area contributed by atoms with Crippen LogP contribution in [0.2, 0.25) is 0 Å². The van der Waals surface area contributed by atoms with Crippen molar-refractivity contribution >= 4 is 27.7 Å². The van der Waals surface area contributed by atoms with E-state index in [2.05, 4.69) is 39.1 Å². The standard InChI is InChI=1S/C13H16BrN3OS/c1-2-5-10(15)13-16-12(17-18-13)8-19-11-7-4-3-6-9(11)14/h3-4,6-7,10H,2,5,8,15H2,1H3/t10-/m1/s1. The van der Waals surface area contributed by atoms with Gasteiger partial charge in [-0.2, -0.15) is 4.98 Å². The van der Waals surface area contributed by atoms with Gasteiger partial charge in [0.1, 0.15) is 0 Å². The molecular weight excluding hydrogens is 326 g/mol. The Morgan fingerprint density at radius 2 is 2.21 bits per heavy atom. The van der Waals surface area contributed by atoms with E-state index in [4.69, 9.17) is 10.3 Å². The van der Waals surface area contributed by atoms with Crippen LogP contribution in [0.1, 0.15) is 37.5 Å². The monoisotopic (exact) mass is 341 g/mol. The van der Waals surface area contributed by atoms with Gasteiger partial charge in [-0.1, -0.05) is 30.6 Å². The maximum absolute atomic E-state index is 5.94. The topological polar surface area (TPSA) is 64.9 Å². The van der Waals surface area contributed by atoms with Crippen molar-refractivity contribution in [2.75, 3.05) is 0 Å². The van der Waals surface area contributed by atoms with Crippen LogP contribution < -0.4 is 5.73 Å². The lowest BCUT2D eigenvalue weighted by Gasteiger charge is -2.02. The molecule has 102 valence electrons. The Bertz CT molecular complexity index is 532. The summed E-state index contributed by atoms with van der Waals surface area (Å²) in [6.07, 6.45) is 1.86. The highest BCUT2D eigenvalue weighted by Crippen LogP contribution is 2.29. The van der Waals surface area contributed by atoms with Crippen molar-refractivity contribution in [3.63, 3.8) is 0 Å². The molecule has 19 heavy (non-hydrogen) atoms. The second-order valence-electron chi connectivity index (χ2n) is 4.16. The van der Waals surface area contributed by atoms with Crippen molar-refractivity contribution < 1.29 is 4.52 Å². The molecule has 2 N–H and O–H groups in total. The number of nitrogens with zero attached hydrogens (tertiary/aromatic N) is 2. The molecule has 2 rings (SSSR count). The largest absolute Gasteiger partial charge is 0.338 e. The normalized spacial score (nSPS) is 12.6. The fourth-order valence-corrected chi connectivity index (χ4v) is 3.03. The van der Waals surface area contributed by atoms with Gasteiger partial charge in [-0.15, -0.1) is 11.8 Å². The lowest BCUT2D eigenvalue weighted by Crippen LogP contribution is -2.10. The molecule has 6 heteroatoms. The van der Waals surface area contributed by atoms with Gasteiger partial charge in [0.2, 0.25) is 5.89 Å². The minimum Gasteiger partial charge on any atom is -0.338 e. The zero-order valence-electron chi connectivity index (χ0n) is 10.7. The summed E-state index contributed by atoms with van der Waals surface area (Å²) in [5.74, 6) is 1.89. The molecule has 0 amide bonds. The van der Waals surface area contributed by atoms with Crippen molar-refractivity contribution in [2.45, 2.75) is 36.5 Å². The Labute approximate surface area is 125 Å². The van der Waals surface area contributed by atoms with Crippen molar-refractivity contribution in [1.29, 1.82) is 0 Å². The fourth-order valence-electron chi connectivity index (χ4n) is 1.62. The van der Waals surface area contributed by atoms with Gasteiger partial charge in [0, 0.05) is 9.37 Å². The Hall–Kier alpha value is -0.850. The van der Waals surface area contributed by atoms with E-state index in [9.17, 15) is 0 Å². The molecule has 1 heterocycles. The first-order valence-electron chi connectivity index (χ1n) is 6.16. The average Bonchev–Trinajstić information content (AvgIpc) is 2.87. The summed E-state index contributed by atoms with van der Waals surface area (Å²) in [6.45, 7) is 2.08. The zero-order valence-corrected chi connectivity index (χ0v) is 13.1. The quantitative estimate of drug-likeness (QED) is 0.806.